The first-order chi connectivity index (χ1) is 8.88. The molecule has 0 saturated carbocycles. The number of amides is 2. The van der Waals surface area contributed by atoms with Gasteiger partial charge in [-0.1, -0.05) is 13.8 Å². The molecule has 9 heteroatoms. The van der Waals surface area contributed by atoms with E-state index in [2.05, 4.69) is 5.32 Å². The number of nitrogens with one attached hydrogen (secondary N) is 1. The van der Waals surface area contributed by atoms with Gasteiger partial charge >= 0.3 is 29.6 Å². The predicted molar refractivity (Wildman–Crippen MR) is 73.5 cm³/mol. The van der Waals surface area contributed by atoms with Crippen molar-refractivity contribution in [3.63, 3.8) is 0 Å². The molecule has 7 nitrogen and oxygen atoms in total. The number of primary amides is 1. The Morgan fingerprint density at radius 1 is 1.33 bits per heavy atom. The number of carbonyl (C=O) groups is 2. The molecule has 0 aromatic rings. The van der Waals surface area contributed by atoms with Crippen molar-refractivity contribution in [2.24, 2.45) is 17.6 Å². The molecule has 21 heavy (non-hydrogen) atoms. The van der Waals surface area contributed by atoms with Gasteiger partial charge in [-0.2, -0.15) is 0 Å². The second-order valence-electron chi connectivity index (χ2n) is 5.72. The summed E-state index contributed by atoms with van der Waals surface area (Å²) in [4.78, 5) is 23.1. The summed E-state index contributed by atoms with van der Waals surface area (Å²) < 4.78 is 32.3. The first-order valence-corrected chi connectivity index (χ1v) is 8.00. The maximum absolute atomic E-state index is 12.1. The molecule has 2 amide bonds. The van der Waals surface area contributed by atoms with E-state index in [9.17, 15) is 22.6 Å². The largest absolute Gasteiger partial charge is 1.00 e. The van der Waals surface area contributed by atoms with Crippen LogP contribution in [0.2, 0.25) is 0 Å². The van der Waals surface area contributed by atoms with Crippen LogP contribution in [0.25, 0.3) is 0 Å². The summed E-state index contributed by atoms with van der Waals surface area (Å²) in [6, 6.07) is 0. The Morgan fingerprint density at radius 3 is 2.14 bits per heavy atom. The van der Waals surface area contributed by atoms with E-state index in [1.165, 1.54) is 13.8 Å². The van der Waals surface area contributed by atoms with Crippen LogP contribution in [0.15, 0.2) is 0 Å². The van der Waals surface area contributed by atoms with Crippen molar-refractivity contribution in [1.82, 2.24) is 5.32 Å². The zero-order valence-electron chi connectivity index (χ0n) is 13.3. The fraction of sp³-hybridized carbons (Fsp3) is 0.833. The zero-order chi connectivity index (χ0) is 16.1. The normalized spacial score (nSPS) is 14.7. The standard InChI is InChI=1S/C12H24N2O5S.Na/c1-5-9(6-8(2)10(13)15)11(16)14-12(3,4)7-20(17,18)19;/h8-9H,5-7H2,1-4H3,(H2,13,15)(H,14,16)(H,17,18,19);/q;+1/p-1. The number of rotatable bonds is 8. The van der Waals surface area contributed by atoms with Gasteiger partial charge in [0.25, 0.3) is 0 Å². The Balaban J connectivity index is 0. The van der Waals surface area contributed by atoms with Gasteiger partial charge in [0.15, 0.2) is 0 Å². The molecule has 0 spiro atoms. The van der Waals surface area contributed by atoms with Crippen molar-refractivity contribution in [3.8, 4) is 0 Å². The topological polar surface area (TPSA) is 129 Å². The Bertz CT molecular complexity index is 464. The van der Waals surface area contributed by atoms with Crippen molar-refractivity contribution in [2.45, 2.75) is 46.1 Å². The molecule has 0 fully saturated rings. The van der Waals surface area contributed by atoms with E-state index in [4.69, 9.17) is 5.73 Å². The summed E-state index contributed by atoms with van der Waals surface area (Å²) in [5, 5.41) is 2.54. The summed E-state index contributed by atoms with van der Waals surface area (Å²) in [5.41, 5.74) is 4.01. The quantitative estimate of drug-likeness (QED) is 0.361. The van der Waals surface area contributed by atoms with Crippen LogP contribution in [0, 0.1) is 11.8 Å². The Hall–Kier alpha value is -0.150. The van der Waals surface area contributed by atoms with Gasteiger partial charge in [-0.25, -0.2) is 8.42 Å². The van der Waals surface area contributed by atoms with Crippen molar-refractivity contribution in [1.29, 1.82) is 0 Å². The third-order valence-electron chi connectivity index (χ3n) is 2.99. The minimum atomic E-state index is -4.44. The fourth-order valence-electron chi connectivity index (χ4n) is 1.92. The van der Waals surface area contributed by atoms with E-state index < -0.39 is 39.2 Å². The monoisotopic (exact) mass is 330 g/mol. The maximum atomic E-state index is 12.1. The third-order valence-corrected chi connectivity index (χ3v) is 4.06. The first-order valence-electron chi connectivity index (χ1n) is 6.43. The van der Waals surface area contributed by atoms with Crippen LogP contribution in [0.1, 0.15) is 40.5 Å². The van der Waals surface area contributed by atoms with E-state index in [0.717, 1.165) is 0 Å². The van der Waals surface area contributed by atoms with Crippen LogP contribution < -0.4 is 40.6 Å². The molecular formula is C12H23N2NaO5S. The number of hydrogen-bond acceptors (Lipinski definition) is 5. The molecule has 0 heterocycles. The third kappa shape index (κ3) is 10.2. The molecule has 0 radical (unpaired) electrons. The Morgan fingerprint density at radius 2 is 1.81 bits per heavy atom. The van der Waals surface area contributed by atoms with Gasteiger partial charge < -0.3 is 15.6 Å². The average molecular weight is 330 g/mol. The maximum Gasteiger partial charge on any atom is 1.00 e. The molecule has 0 aliphatic rings. The first kappa shape index (κ1) is 23.1. The van der Waals surface area contributed by atoms with Gasteiger partial charge in [-0.05, 0) is 26.7 Å². The van der Waals surface area contributed by atoms with Gasteiger partial charge in [-0.15, -0.1) is 0 Å². The summed E-state index contributed by atoms with van der Waals surface area (Å²) in [6.45, 7) is 6.34. The van der Waals surface area contributed by atoms with E-state index in [1.54, 1.807) is 13.8 Å². The molecule has 0 rings (SSSR count). The smallest absolute Gasteiger partial charge is 0.748 e. The second kappa shape index (κ2) is 9.09. The zero-order valence-corrected chi connectivity index (χ0v) is 16.1. The van der Waals surface area contributed by atoms with Crippen LogP contribution in [0.4, 0.5) is 0 Å². The summed E-state index contributed by atoms with van der Waals surface area (Å²) in [5.74, 6) is -2.46. The number of carbonyl (C=O) groups excluding carboxylic acids is 2. The van der Waals surface area contributed by atoms with Crippen molar-refractivity contribution in [3.05, 3.63) is 0 Å². The van der Waals surface area contributed by atoms with Crippen LogP contribution in [0.5, 0.6) is 0 Å². The van der Waals surface area contributed by atoms with Gasteiger partial charge in [0.1, 0.15) is 0 Å². The molecule has 2 atom stereocenters. The Kier molecular flexibility index (Phi) is 10.0. The van der Waals surface area contributed by atoms with E-state index in [-0.39, 0.29) is 41.9 Å². The molecule has 0 aromatic carbocycles. The summed E-state index contributed by atoms with van der Waals surface area (Å²) in [7, 11) is -4.44. The fourth-order valence-corrected chi connectivity index (χ4v) is 2.87. The van der Waals surface area contributed by atoms with E-state index in [1.807, 2.05) is 0 Å². The van der Waals surface area contributed by atoms with Crippen LogP contribution >= 0.6 is 0 Å². The SMILES string of the molecule is CCC(CC(C)C(N)=O)C(=O)NC(C)(C)CS(=O)(=O)[O-].[Na+]. The number of nitrogens with two attached hydrogens (primary N) is 1. The van der Waals surface area contributed by atoms with Crippen molar-refractivity contribution >= 4 is 21.9 Å². The van der Waals surface area contributed by atoms with Gasteiger partial charge in [0, 0.05) is 17.4 Å². The summed E-state index contributed by atoms with van der Waals surface area (Å²) in [6.07, 6.45) is 0.779. The molecule has 0 bridgehead atoms. The molecule has 0 aliphatic carbocycles. The summed E-state index contributed by atoms with van der Waals surface area (Å²) >= 11 is 0. The van der Waals surface area contributed by atoms with Crippen LogP contribution in [0.3, 0.4) is 0 Å². The predicted octanol–water partition coefficient (Wildman–Crippen LogP) is -3.03. The molecule has 0 aromatic heterocycles. The van der Waals surface area contributed by atoms with Crippen LogP contribution in [-0.4, -0.2) is 36.1 Å². The molecule has 3 N–H and O–H groups in total. The van der Waals surface area contributed by atoms with Crippen LogP contribution in [-0.2, 0) is 19.7 Å². The molecule has 118 valence electrons. The van der Waals surface area contributed by atoms with Crippen molar-refractivity contribution < 1.29 is 52.1 Å². The molecule has 0 saturated heterocycles. The minimum absolute atomic E-state index is 0. The average Bonchev–Trinajstić information content (AvgIpc) is 2.20. The van der Waals surface area contributed by atoms with Gasteiger partial charge in [-0.3, -0.25) is 9.59 Å². The molecular weight excluding hydrogens is 307 g/mol. The molecule has 0 aliphatic heterocycles. The van der Waals surface area contributed by atoms with E-state index in [0.29, 0.717) is 6.42 Å². The Labute approximate surface area is 148 Å². The van der Waals surface area contributed by atoms with Crippen molar-refractivity contribution in [2.75, 3.05) is 5.75 Å². The van der Waals surface area contributed by atoms with E-state index >= 15 is 0 Å². The van der Waals surface area contributed by atoms with Gasteiger partial charge in [0.2, 0.25) is 11.8 Å². The second-order valence-corrected chi connectivity index (χ2v) is 7.12. The van der Waals surface area contributed by atoms with Gasteiger partial charge in [0.05, 0.1) is 15.9 Å². The molecule has 2 unspecified atom stereocenters. The minimum Gasteiger partial charge on any atom is -0.748 e. The number of hydrogen-bond donors (Lipinski definition) is 2.